The fraction of sp³-hybridized carbons (Fsp3) is 0.429. The molecule has 0 spiro atoms. The average molecular weight is 329 g/mol. The second-order valence-electron chi connectivity index (χ2n) is 4.77. The molecular formula is C14H19NO6S. The summed E-state index contributed by atoms with van der Waals surface area (Å²) < 4.78 is 28.3. The molecule has 2 N–H and O–H groups in total. The predicted octanol–water partition coefficient (Wildman–Crippen LogP) is 0.482. The summed E-state index contributed by atoms with van der Waals surface area (Å²) in [6.07, 6.45) is 1.57. The van der Waals surface area contributed by atoms with Gasteiger partial charge in [0.25, 0.3) is 5.91 Å². The molecule has 122 valence electrons. The molecule has 1 amide bonds. The number of methoxy groups -OCH3 is 1. The van der Waals surface area contributed by atoms with Gasteiger partial charge < -0.3 is 15.2 Å². The van der Waals surface area contributed by atoms with Crippen molar-refractivity contribution in [2.75, 3.05) is 20.0 Å². The molecule has 8 heteroatoms. The number of carbonyl (C=O) groups excluding carboxylic acids is 1. The molecule has 0 radical (unpaired) electrons. The number of rotatable bonds is 7. The Morgan fingerprint density at radius 2 is 2.00 bits per heavy atom. The van der Waals surface area contributed by atoms with E-state index in [9.17, 15) is 18.0 Å². The van der Waals surface area contributed by atoms with Crippen molar-refractivity contribution in [3.63, 3.8) is 0 Å². The Morgan fingerprint density at radius 1 is 1.36 bits per heavy atom. The Balaban J connectivity index is 3.12. The molecule has 0 saturated heterocycles. The fourth-order valence-corrected chi connectivity index (χ4v) is 2.95. The maximum absolute atomic E-state index is 12.1. The molecule has 1 aromatic carbocycles. The molecule has 0 bridgehead atoms. The van der Waals surface area contributed by atoms with Crippen molar-refractivity contribution in [3.05, 3.63) is 29.3 Å². The van der Waals surface area contributed by atoms with Crippen LogP contribution in [0.3, 0.4) is 0 Å². The number of carbonyl (C=O) groups is 2. The zero-order valence-corrected chi connectivity index (χ0v) is 13.4. The molecule has 0 saturated carbocycles. The number of hydrogen-bond donors (Lipinski definition) is 2. The first-order valence-electron chi connectivity index (χ1n) is 6.56. The Bertz CT molecular complexity index is 668. The molecule has 7 nitrogen and oxygen atoms in total. The van der Waals surface area contributed by atoms with E-state index < -0.39 is 27.8 Å². The van der Waals surface area contributed by atoms with Gasteiger partial charge >= 0.3 is 5.97 Å². The Hall–Kier alpha value is -1.93. The molecule has 1 unspecified atom stereocenters. The van der Waals surface area contributed by atoms with E-state index in [1.165, 1.54) is 19.2 Å². The molecule has 1 rings (SSSR count). The number of sulfone groups is 1. The van der Waals surface area contributed by atoms with Crippen LogP contribution >= 0.6 is 0 Å². The maximum atomic E-state index is 12.1. The number of amides is 1. The van der Waals surface area contributed by atoms with Crippen LogP contribution < -0.4 is 5.32 Å². The molecule has 0 aromatic heterocycles. The van der Waals surface area contributed by atoms with Crippen LogP contribution in [0.2, 0.25) is 0 Å². The highest BCUT2D eigenvalue weighted by atomic mass is 32.2. The summed E-state index contributed by atoms with van der Waals surface area (Å²) in [7, 11) is -2.16. The number of hydrogen-bond acceptors (Lipinski definition) is 5. The number of aliphatic carboxylic acids is 1. The van der Waals surface area contributed by atoms with Crippen molar-refractivity contribution >= 4 is 21.7 Å². The highest BCUT2D eigenvalue weighted by molar-refractivity contribution is 7.90. The van der Waals surface area contributed by atoms with Crippen LogP contribution in [0.1, 0.15) is 22.8 Å². The van der Waals surface area contributed by atoms with Crippen LogP contribution in [0.5, 0.6) is 0 Å². The quantitative estimate of drug-likeness (QED) is 0.753. The summed E-state index contributed by atoms with van der Waals surface area (Å²) in [6, 6.07) is 3.08. The van der Waals surface area contributed by atoms with Crippen molar-refractivity contribution in [2.24, 2.45) is 0 Å². The van der Waals surface area contributed by atoms with E-state index in [1.54, 1.807) is 6.07 Å². The lowest BCUT2D eigenvalue weighted by atomic mass is 10.1. The third-order valence-electron chi connectivity index (χ3n) is 3.05. The minimum absolute atomic E-state index is 0.0706. The van der Waals surface area contributed by atoms with E-state index in [0.29, 0.717) is 12.0 Å². The van der Waals surface area contributed by atoms with E-state index in [4.69, 9.17) is 9.84 Å². The zero-order valence-electron chi connectivity index (χ0n) is 12.6. The summed E-state index contributed by atoms with van der Waals surface area (Å²) in [5, 5.41) is 11.3. The monoisotopic (exact) mass is 329 g/mol. The zero-order chi connectivity index (χ0) is 16.9. The normalized spacial score (nSPS) is 12.7. The first-order chi connectivity index (χ1) is 10.2. The first kappa shape index (κ1) is 18.1. The lowest BCUT2D eigenvalue weighted by molar-refractivity contribution is -0.140. The molecule has 0 heterocycles. The molecule has 0 aliphatic carbocycles. The average Bonchev–Trinajstić information content (AvgIpc) is 2.44. The molecule has 0 fully saturated rings. The summed E-state index contributed by atoms with van der Waals surface area (Å²) in [5.41, 5.74) is 0.686. The van der Waals surface area contributed by atoms with Crippen LogP contribution in [0.4, 0.5) is 0 Å². The summed E-state index contributed by atoms with van der Waals surface area (Å²) in [4.78, 5) is 23.2. The molecule has 0 aliphatic rings. The van der Waals surface area contributed by atoms with Gasteiger partial charge in [-0.2, -0.15) is 0 Å². The van der Waals surface area contributed by atoms with Gasteiger partial charge in [0, 0.05) is 18.9 Å². The fourth-order valence-electron chi connectivity index (χ4n) is 1.92. The highest BCUT2D eigenvalue weighted by Gasteiger charge is 2.22. The van der Waals surface area contributed by atoms with E-state index in [-0.39, 0.29) is 17.1 Å². The summed E-state index contributed by atoms with van der Waals surface area (Å²) in [6.45, 7) is 1.62. The van der Waals surface area contributed by atoms with Crippen molar-refractivity contribution in [1.82, 2.24) is 5.32 Å². The van der Waals surface area contributed by atoms with E-state index in [1.807, 2.05) is 6.92 Å². The SMILES string of the molecule is CCc1ccc(C(=O)NC(COC)C(=O)O)cc1S(C)(=O)=O. The Kier molecular flexibility index (Phi) is 6.07. The number of carboxylic acids is 1. The van der Waals surface area contributed by atoms with Gasteiger partial charge in [0.2, 0.25) is 0 Å². The topological polar surface area (TPSA) is 110 Å². The standard InChI is InChI=1S/C14H19NO6S/c1-4-9-5-6-10(7-12(9)22(3,19)20)13(16)15-11(8-21-2)14(17)18/h5-7,11H,4,8H2,1-3H3,(H,15,16)(H,17,18). The van der Waals surface area contributed by atoms with Gasteiger partial charge in [-0.3, -0.25) is 4.79 Å². The van der Waals surface area contributed by atoms with Gasteiger partial charge in [-0.05, 0) is 24.1 Å². The number of ether oxygens (including phenoxy) is 1. The van der Waals surface area contributed by atoms with Crippen LogP contribution in [-0.4, -0.2) is 51.4 Å². The smallest absolute Gasteiger partial charge is 0.328 e. The summed E-state index contributed by atoms with van der Waals surface area (Å²) >= 11 is 0. The number of aryl methyl sites for hydroxylation is 1. The number of nitrogens with one attached hydrogen (secondary N) is 1. The van der Waals surface area contributed by atoms with Gasteiger partial charge in [-0.1, -0.05) is 13.0 Å². The number of carboxylic acid groups (broad SMARTS) is 1. The van der Waals surface area contributed by atoms with Crippen LogP contribution in [0, 0.1) is 0 Å². The minimum Gasteiger partial charge on any atom is -0.480 e. The van der Waals surface area contributed by atoms with Crippen molar-refractivity contribution in [2.45, 2.75) is 24.3 Å². The van der Waals surface area contributed by atoms with Crippen LogP contribution in [0.25, 0.3) is 0 Å². The Morgan fingerprint density at radius 3 is 2.45 bits per heavy atom. The van der Waals surface area contributed by atoms with Crippen LogP contribution in [0.15, 0.2) is 23.1 Å². The second-order valence-corrected chi connectivity index (χ2v) is 6.75. The number of benzene rings is 1. The molecule has 22 heavy (non-hydrogen) atoms. The van der Waals surface area contributed by atoms with Gasteiger partial charge in [-0.15, -0.1) is 0 Å². The van der Waals surface area contributed by atoms with Gasteiger partial charge in [-0.25, -0.2) is 13.2 Å². The van der Waals surface area contributed by atoms with E-state index >= 15 is 0 Å². The first-order valence-corrected chi connectivity index (χ1v) is 8.45. The van der Waals surface area contributed by atoms with Crippen LogP contribution in [-0.2, 0) is 25.8 Å². The largest absolute Gasteiger partial charge is 0.480 e. The van der Waals surface area contributed by atoms with E-state index in [0.717, 1.165) is 6.26 Å². The van der Waals surface area contributed by atoms with E-state index in [2.05, 4.69) is 5.32 Å². The molecule has 1 atom stereocenters. The second kappa shape index (κ2) is 7.37. The van der Waals surface area contributed by atoms with Gasteiger partial charge in [0.1, 0.15) is 0 Å². The van der Waals surface area contributed by atoms with Crippen molar-refractivity contribution in [1.29, 1.82) is 0 Å². The van der Waals surface area contributed by atoms with Gasteiger partial charge in [0.15, 0.2) is 15.9 Å². The molecule has 0 aliphatic heterocycles. The lowest BCUT2D eigenvalue weighted by Gasteiger charge is -2.14. The molecular weight excluding hydrogens is 310 g/mol. The summed E-state index contributed by atoms with van der Waals surface area (Å²) in [5.74, 6) is -1.90. The predicted molar refractivity (Wildman–Crippen MR) is 79.7 cm³/mol. The third-order valence-corrected chi connectivity index (χ3v) is 4.23. The van der Waals surface area contributed by atoms with Crippen molar-refractivity contribution in [3.8, 4) is 0 Å². The van der Waals surface area contributed by atoms with Crippen molar-refractivity contribution < 1.29 is 27.9 Å². The molecule has 1 aromatic rings. The minimum atomic E-state index is -3.48. The highest BCUT2D eigenvalue weighted by Crippen LogP contribution is 2.18. The lowest BCUT2D eigenvalue weighted by Crippen LogP contribution is -2.43. The maximum Gasteiger partial charge on any atom is 0.328 e. The Labute approximate surface area is 129 Å². The third kappa shape index (κ3) is 4.54. The van der Waals surface area contributed by atoms with Gasteiger partial charge in [0.05, 0.1) is 11.5 Å².